The summed E-state index contributed by atoms with van der Waals surface area (Å²) in [5, 5.41) is 0. The molecule has 0 aliphatic heterocycles. The lowest BCUT2D eigenvalue weighted by Gasteiger charge is -2.25. The van der Waals surface area contributed by atoms with E-state index in [-0.39, 0.29) is 6.04 Å². The molecule has 0 heterocycles. The lowest BCUT2D eigenvalue weighted by atomic mass is 9.97. The zero-order chi connectivity index (χ0) is 13.1. The second-order valence-electron chi connectivity index (χ2n) is 4.59. The van der Waals surface area contributed by atoms with Crippen molar-refractivity contribution in [1.29, 1.82) is 0 Å². The van der Waals surface area contributed by atoms with Gasteiger partial charge in [-0.1, -0.05) is 40.2 Å². The molecule has 0 saturated carbocycles. The Labute approximate surface area is 117 Å². The zero-order valence-corrected chi connectivity index (χ0v) is 12.2. The highest BCUT2D eigenvalue weighted by Gasteiger charge is 2.16. The predicted molar refractivity (Wildman–Crippen MR) is 80.5 cm³/mol. The summed E-state index contributed by atoms with van der Waals surface area (Å²) in [4.78, 5) is 2.20. The minimum atomic E-state index is 0.239. The van der Waals surface area contributed by atoms with Crippen LogP contribution in [0, 0.1) is 0 Å². The summed E-state index contributed by atoms with van der Waals surface area (Å²) in [6.07, 6.45) is 0. The number of nitrogens with two attached hydrogens (primary N) is 1. The number of hydrogen-bond donors (Lipinski definition) is 1. The highest BCUT2D eigenvalue weighted by molar-refractivity contribution is 9.10. The Morgan fingerprint density at radius 3 is 2.22 bits per heavy atom. The molecule has 2 aromatic carbocycles. The minimum Gasteiger partial charge on any atom is -0.399 e. The Morgan fingerprint density at radius 2 is 1.67 bits per heavy atom. The van der Waals surface area contributed by atoms with Crippen molar-refractivity contribution >= 4 is 21.6 Å². The van der Waals surface area contributed by atoms with Gasteiger partial charge in [0, 0.05) is 10.2 Å². The van der Waals surface area contributed by atoms with Crippen LogP contribution in [-0.2, 0) is 0 Å². The van der Waals surface area contributed by atoms with Gasteiger partial charge < -0.3 is 5.73 Å². The lowest BCUT2D eigenvalue weighted by molar-refractivity contribution is 0.342. The summed E-state index contributed by atoms with van der Waals surface area (Å²) in [5.41, 5.74) is 9.05. The molecule has 2 N–H and O–H groups in total. The number of hydrogen-bond acceptors (Lipinski definition) is 2. The molecule has 0 aliphatic carbocycles. The summed E-state index contributed by atoms with van der Waals surface area (Å²) < 4.78 is 1.10. The first kappa shape index (κ1) is 13.1. The van der Waals surface area contributed by atoms with Crippen molar-refractivity contribution in [2.45, 2.75) is 6.04 Å². The van der Waals surface area contributed by atoms with E-state index in [1.54, 1.807) is 0 Å². The Hall–Kier alpha value is -1.32. The van der Waals surface area contributed by atoms with Crippen LogP contribution in [0.3, 0.4) is 0 Å². The number of halogens is 1. The second-order valence-corrected chi connectivity index (χ2v) is 5.50. The van der Waals surface area contributed by atoms with E-state index in [0.29, 0.717) is 0 Å². The average Bonchev–Trinajstić information content (AvgIpc) is 2.32. The largest absolute Gasteiger partial charge is 0.399 e. The van der Waals surface area contributed by atoms with Gasteiger partial charge in [0.2, 0.25) is 0 Å². The fourth-order valence-electron chi connectivity index (χ4n) is 2.14. The van der Waals surface area contributed by atoms with Crippen LogP contribution in [0.1, 0.15) is 17.2 Å². The first-order chi connectivity index (χ1) is 8.58. The maximum absolute atomic E-state index is 5.74. The molecule has 0 saturated heterocycles. The van der Waals surface area contributed by atoms with Gasteiger partial charge in [-0.25, -0.2) is 0 Å². The monoisotopic (exact) mass is 304 g/mol. The molecule has 3 heteroatoms. The molecule has 0 spiro atoms. The van der Waals surface area contributed by atoms with Crippen LogP contribution in [0.5, 0.6) is 0 Å². The van der Waals surface area contributed by atoms with E-state index in [0.717, 1.165) is 10.2 Å². The molecular weight excluding hydrogens is 288 g/mol. The minimum absolute atomic E-state index is 0.239. The average molecular weight is 305 g/mol. The van der Waals surface area contributed by atoms with E-state index in [1.165, 1.54) is 11.1 Å². The van der Waals surface area contributed by atoms with Gasteiger partial charge in [-0.15, -0.1) is 0 Å². The Morgan fingerprint density at radius 1 is 1.00 bits per heavy atom. The van der Waals surface area contributed by atoms with Crippen LogP contribution < -0.4 is 5.73 Å². The standard InChI is InChI=1S/C15H17BrN2/c1-18(2)15(11-6-8-14(17)9-7-11)12-4-3-5-13(16)10-12/h3-10,15H,17H2,1-2H3. The summed E-state index contributed by atoms with van der Waals surface area (Å²) in [5.74, 6) is 0. The second kappa shape index (κ2) is 5.55. The molecule has 0 amide bonds. The van der Waals surface area contributed by atoms with Crippen molar-refractivity contribution in [1.82, 2.24) is 4.90 Å². The third kappa shape index (κ3) is 2.92. The fraction of sp³-hybridized carbons (Fsp3) is 0.200. The van der Waals surface area contributed by atoms with Crippen molar-refractivity contribution in [2.75, 3.05) is 19.8 Å². The number of nitrogen functional groups attached to an aromatic ring is 1. The maximum atomic E-state index is 5.74. The molecule has 0 radical (unpaired) electrons. The SMILES string of the molecule is CN(C)C(c1ccc(N)cc1)c1cccc(Br)c1. The highest BCUT2D eigenvalue weighted by atomic mass is 79.9. The topological polar surface area (TPSA) is 29.3 Å². The molecule has 94 valence electrons. The van der Waals surface area contributed by atoms with Crippen LogP contribution in [0.25, 0.3) is 0 Å². The molecule has 0 aliphatic rings. The molecule has 18 heavy (non-hydrogen) atoms. The zero-order valence-electron chi connectivity index (χ0n) is 10.6. The summed E-state index contributed by atoms with van der Waals surface area (Å²) >= 11 is 3.53. The van der Waals surface area contributed by atoms with Crippen molar-refractivity contribution in [3.63, 3.8) is 0 Å². The van der Waals surface area contributed by atoms with Crippen LogP contribution >= 0.6 is 15.9 Å². The van der Waals surface area contributed by atoms with Gasteiger partial charge in [-0.05, 0) is 49.5 Å². The van der Waals surface area contributed by atoms with Gasteiger partial charge in [-0.2, -0.15) is 0 Å². The Bertz CT molecular complexity index is 520. The van der Waals surface area contributed by atoms with E-state index in [9.17, 15) is 0 Å². The lowest BCUT2D eigenvalue weighted by Crippen LogP contribution is -2.21. The third-order valence-electron chi connectivity index (χ3n) is 2.93. The van der Waals surface area contributed by atoms with Gasteiger partial charge >= 0.3 is 0 Å². The number of rotatable bonds is 3. The van der Waals surface area contributed by atoms with E-state index < -0.39 is 0 Å². The van der Waals surface area contributed by atoms with Crippen molar-refractivity contribution in [2.24, 2.45) is 0 Å². The van der Waals surface area contributed by atoms with Crippen LogP contribution in [0.4, 0.5) is 5.69 Å². The quantitative estimate of drug-likeness (QED) is 0.877. The van der Waals surface area contributed by atoms with Crippen molar-refractivity contribution in [3.05, 3.63) is 64.1 Å². The van der Waals surface area contributed by atoms with Gasteiger partial charge in [-0.3, -0.25) is 4.90 Å². The van der Waals surface area contributed by atoms with Crippen LogP contribution in [0.2, 0.25) is 0 Å². The molecule has 1 atom stereocenters. The van der Waals surface area contributed by atoms with Crippen LogP contribution in [-0.4, -0.2) is 19.0 Å². The smallest absolute Gasteiger partial charge is 0.0597 e. The third-order valence-corrected chi connectivity index (χ3v) is 3.43. The molecule has 2 nitrogen and oxygen atoms in total. The van der Waals surface area contributed by atoms with E-state index in [4.69, 9.17) is 5.73 Å². The van der Waals surface area contributed by atoms with Crippen LogP contribution in [0.15, 0.2) is 53.0 Å². The highest BCUT2D eigenvalue weighted by Crippen LogP contribution is 2.28. The Balaban J connectivity index is 2.43. The first-order valence-electron chi connectivity index (χ1n) is 5.85. The summed E-state index contributed by atoms with van der Waals surface area (Å²) in [7, 11) is 4.17. The predicted octanol–water partition coefficient (Wildman–Crippen LogP) is 3.68. The van der Waals surface area contributed by atoms with Crippen molar-refractivity contribution in [3.8, 4) is 0 Å². The summed E-state index contributed by atoms with van der Waals surface area (Å²) in [6, 6.07) is 16.7. The molecule has 2 rings (SSSR count). The molecule has 0 aromatic heterocycles. The number of nitrogens with zero attached hydrogens (tertiary/aromatic N) is 1. The van der Waals surface area contributed by atoms with E-state index >= 15 is 0 Å². The van der Waals surface area contributed by atoms with Gasteiger partial charge in [0.25, 0.3) is 0 Å². The molecule has 1 unspecified atom stereocenters. The van der Waals surface area contributed by atoms with Gasteiger partial charge in [0.1, 0.15) is 0 Å². The van der Waals surface area contributed by atoms with E-state index in [1.807, 2.05) is 18.2 Å². The molecule has 0 bridgehead atoms. The fourth-order valence-corrected chi connectivity index (χ4v) is 2.56. The molecule has 2 aromatic rings. The van der Waals surface area contributed by atoms with Gasteiger partial charge in [0.05, 0.1) is 6.04 Å². The normalized spacial score (nSPS) is 12.7. The van der Waals surface area contributed by atoms with Gasteiger partial charge in [0.15, 0.2) is 0 Å². The molecular formula is C15H17BrN2. The van der Waals surface area contributed by atoms with E-state index in [2.05, 4.69) is 65.3 Å². The van der Waals surface area contributed by atoms with Crippen molar-refractivity contribution < 1.29 is 0 Å². The molecule has 0 fully saturated rings. The first-order valence-corrected chi connectivity index (χ1v) is 6.64. The number of benzene rings is 2. The maximum Gasteiger partial charge on any atom is 0.0597 e. The number of anilines is 1. The Kier molecular flexibility index (Phi) is 4.04. The summed E-state index contributed by atoms with van der Waals surface area (Å²) in [6.45, 7) is 0.